The third-order valence-corrected chi connectivity index (χ3v) is 5.87. The van der Waals surface area contributed by atoms with Crippen LogP contribution in [-0.4, -0.2) is 31.4 Å². The van der Waals surface area contributed by atoms with Gasteiger partial charge in [-0.3, -0.25) is 9.59 Å². The molecular weight excluding hydrogens is 376 g/mol. The van der Waals surface area contributed by atoms with Gasteiger partial charge >= 0.3 is 0 Å². The zero-order valence-corrected chi connectivity index (χ0v) is 16.8. The molecule has 1 aliphatic heterocycles. The van der Waals surface area contributed by atoms with Crippen molar-refractivity contribution in [3.8, 4) is 0 Å². The summed E-state index contributed by atoms with van der Waals surface area (Å²) in [4.78, 5) is 26.5. The minimum Gasteiger partial charge on any atom is -0.326 e. The number of anilines is 1. The van der Waals surface area contributed by atoms with E-state index >= 15 is 0 Å². The van der Waals surface area contributed by atoms with Gasteiger partial charge in [0.1, 0.15) is 0 Å². The summed E-state index contributed by atoms with van der Waals surface area (Å²) < 4.78 is 23.6. The molecule has 2 aromatic rings. The fourth-order valence-corrected chi connectivity index (χ4v) is 3.90. The Bertz CT molecular complexity index is 1070. The molecule has 0 bridgehead atoms. The van der Waals surface area contributed by atoms with E-state index in [-0.39, 0.29) is 23.1 Å². The molecule has 0 radical (unpaired) electrons. The molecule has 2 aromatic carbocycles. The molecule has 0 aliphatic carbocycles. The average Bonchev–Trinajstić information content (AvgIpc) is 2.62. The Balaban J connectivity index is 1.86. The lowest BCUT2D eigenvalue weighted by molar-refractivity contribution is -0.129. The van der Waals surface area contributed by atoms with Crippen molar-refractivity contribution in [3.05, 3.63) is 65.4 Å². The molecule has 1 N–H and O–H groups in total. The highest BCUT2D eigenvalue weighted by Gasteiger charge is 2.28. The normalized spacial score (nSPS) is 15.8. The number of hydrogen-bond acceptors (Lipinski definition) is 4. The van der Waals surface area contributed by atoms with Crippen LogP contribution < -0.4 is 5.32 Å². The zero-order valence-electron chi connectivity index (χ0n) is 16.0. The molecule has 0 spiro atoms. The van der Waals surface area contributed by atoms with E-state index in [4.69, 9.17) is 0 Å². The first kappa shape index (κ1) is 19.8. The third kappa shape index (κ3) is 4.14. The quantitative estimate of drug-likeness (QED) is 0.857. The predicted octanol–water partition coefficient (Wildman–Crippen LogP) is 3.30. The van der Waals surface area contributed by atoms with Gasteiger partial charge in [-0.2, -0.15) is 0 Å². The second-order valence-corrected chi connectivity index (χ2v) is 8.90. The molecule has 1 atom stereocenters. The predicted molar refractivity (Wildman–Crippen MR) is 108 cm³/mol. The largest absolute Gasteiger partial charge is 0.326 e. The van der Waals surface area contributed by atoms with E-state index < -0.39 is 15.9 Å². The van der Waals surface area contributed by atoms with Crippen molar-refractivity contribution in [2.75, 3.05) is 11.6 Å². The Labute approximate surface area is 164 Å². The Morgan fingerprint density at radius 3 is 2.54 bits per heavy atom. The van der Waals surface area contributed by atoms with Crippen molar-refractivity contribution in [2.24, 2.45) is 0 Å². The first-order chi connectivity index (χ1) is 13.2. The first-order valence-electron chi connectivity index (χ1n) is 8.83. The van der Waals surface area contributed by atoms with Crippen LogP contribution in [-0.2, 0) is 19.4 Å². The van der Waals surface area contributed by atoms with Crippen LogP contribution in [0.5, 0.6) is 0 Å². The van der Waals surface area contributed by atoms with Crippen LogP contribution >= 0.6 is 0 Å². The van der Waals surface area contributed by atoms with Crippen molar-refractivity contribution >= 4 is 33.4 Å². The van der Waals surface area contributed by atoms with Crippen LogP contribution in [0.4, 0.5) is 5.69 Å². The highest BCUT2D eigenvalue weighted by molar-refractivity contribution is 7.90. The molecule has 0 saturated carbocycles. The topological polar surface area (TPSA) is 83.6 Å². The number of hydrogen-bond donors (Lipinski definition) is 1. The molecule has 0 saturated heterocycles. The van der Waals surface area contributed by atoms with Crippen molar-refractivity contribution in [3.63, 3.8) is 0 Å². The summed E-state index contributed by atoms with van der Waals surface area (Å²) in [5.41, 5.74) is 3.07. The van der Waals surface area contributed by atoms with Crippen LogP contribution in [0, 0.1) is 6.92 Å². The highest BCUT2D eigenvalue weighted by Crippen LogP contribution is 2.33. The summed E-state index contributed by atoms with van der Waals surface area (Å²) in [5.74, 6) is -0.450. The number of carbonyl (C=O) groups is 2. The summed E-state index contributed by atoms with van der Waals surface area (Å²) >= 11 is 0. The standard InChI is InChI=1S/C21H22N2O4S/c1-14-8-9-17(28(3,26)27)12-19(14)22-21(25)13-20-18-7-5-4-6-16(18)10-11-23(20)15(2)24/h4-12,20H,13H2,1-3H3,(H,22,25)/t20-/m0/s1. The van der Waals surface area contributed by atoms with Crippen molar-refractivity contribution in [1.82, 2.24) is 4.90 Å². The second-order valence-electron chi connectivity index (χ2n) is 6.89. The smallest absolute Gasteiger partial charge is 0.226 e. The molecule has 1 aliphatic rings. The van der Waals surface area contributed by atoms with E-state index in [9.17, 15) is 18.0 Å². The number of aryl methyl sites for hydroxylation is 1. The number of benzene rings is 2. The maximum atomic E-state index is 12.7. The van der Waals surface area contributed by atoms with E-state index in [0.717, 1.165) is 22.9 Å². The number of rotatable bonds is 4. The fraction of sp³-hybridized carbons (Fsp3) is 0.238. The van der Waals surface area contributed by atoms with E-state index in [1.54, 1.807) is 24.1 Å². The van der Waals surface area contributed by atoms with E-state index in [2.05, 4.69) is 5.32 Å². The van der Waals surface area contributed by atoms with E-state index in [1.807, 2.05) is 30.3 Å². The Morgan fingerprint density at radius 1 is 1.14 bits per heavy atom. The van der Waals surface area contributed by atoms with Gasteiger partial charge in [0.2, 0.25) is 11.8 Å². The number of carbonyl (C=O) groups excluding carboxylic acids is 2. The summed E-state index contributed by atoms with van der Waals surface area (Å²) in [6.07, 6.45) is 4.73. The second kappa shape index (κ2) is 7.59. The van der Waals surface area contributed by atoms with Crippen LogP contribution in [0.2, 0.25) is 0 Å². The number of fused-ring (bicyclic) bond motifs is 1. The Kier molecular flexibility index (Phi) is 5.38. The van der Waals surface area contributed by atoms with Gasteiger partial charge in [-0.1, -0.05) is 30.3 Å². The van der Waals surface area contributed by atoms with E-state index in [0.29, 0.717) is 5.69 Å². The monoisotopic (exact) mass is 398 g/mol. The van der Waals surface area contributed by atoms with Crippen molar-refractivity contribution < 1.29 is 18.0 Å². The summed E-state index contributed by atoms with van der Waals surface area (Å²) in [6.45, 7) is 3.26. The maximum absolute atomic E-state index is 12.7. The van der Waals surface area contributed by atoms with Gasteiger partial charge in [-0.25, -0.2) is 8.42 Å². The SMILES string of the molecule is CC(=O)N1C=Cc2ccccc2[C@@H]1CC(=O)Nc1cc(S(C)(=O)=O)ccc1C. The number of amides is 2. The Morgan fingerprint density at radius 2 is 1.86 bits per heavy atom. The molecule has 3 rings (SSSR count). The van der Waals surface area contributed by atoms with E-state index in [1.165, 1.54) is 19.1 Å². The number of nitrogens with one attached hydrogen (secondary N) is 1. The molecule has 0 fully saturated rings. The van der Waals surface area contributed by atoms with Crippen LogP contribution in [0.25, 0.3) is 6.08 Å². The first-order valence-corrected chi connectivity index (χ1v) is 10.7. The molecule has 7 heteroatoms. The average molecular weight is 398 g/mol. The molecule has 2 amide bonds. The van der Waals surface area contributed by atoms with Gasteiger partial charge in [0.25, 0.3) is 0 Å². The van der Waals surface area contributed by atoms with Crippen molar-refractivity contribution in [2.45, 2.75) is 31.2 Å². The molecule has 0 unspecified atom stereocenters. The van der Waals surface area contributed by atoms with Gasteiger partial charge in [-0.05, 0) is 41.8 Å². The third-order valence-electron chi connectivity index (χ3n) is 4.76. The van der Waals surface area contributed by atoms with Gasteiger partial charge in [0.15, 0.2) is 9.84 Å². The van der Waals surface area contributed by atoms with Crippen LogP contribution in [0.3, 0.4) is 0 Å². The molecule has 0 aromatic heterocycles. The van der Waals surface area contributed by atoms with Gasteiger partial charge < -0.3 is 10.2 Å². The Hall–Kier alpha value is -2.93. The molecule has 6 nitrogen and oxygen atoms in total. The lowest BCUT2D eigenvalue weighted by atomic mass is 9.93. The molecule has 28 heavy (non-hydrogen) atoms. The maximum Gasteiger partial charge on any atom is 0.226 e. The van der Waals surface area contributed by atoms with Crippen molar-refractivity contribution in [1.29, 1.82) is 0 Å². The zero-order chi connectivity index (χ0) is 20.5. The molecule has 1 heterocycles. The minimum absolute atomic E-state index is 0.0590. The fourth-order valence-electron chi connectivity index (χ4n) is 3.26. The summed E-state index contributed by atoms with van der Waals surface area (Å²) in [5, 5.41) is 2.79. The molecule has 146 valence electrons. The van der Waals surface area contributed by atoms with Gasteiger partial charge in [-0.15, -0.1) is 0 Å². The molecular formula is C21H22N2O4S. The van der Waals surface area contributed by atoms with Crippen LogP contribution in [0.15, 0.2) is 53.6 Å². The minimum atomic E-state index is -3.38. The van der Waals surface area contributed by atoms with Gasteiger partial charge in [0.05, 0.1) is 17.4 Å². The highest BCUT2D eigenvalue weighted by atomic mass is 32.2. The number of nitrogens with zero attached hydrogens (tertiary/aromatic N) is 1. The summed E-state index contributed by atoms with van der Waals surface area (Å²) in [7, 11) is -3.38. The summed E-state index contributed by atoms with van der Waals surface area (Å²) in [6, 6.07) is 11.8. The number of sulfone groups is 1. The van der Waals surface area contributed by atoms with Gasteiger partial charge in [0, 0.05) is 25.1 Å². The lowest BCUT2D eigenvalue weighted by Crippen LogP contribution is -2.33. The van der Waals surface area contributed by atoms with Crippen LogP contribution in [0.1, 0.15) is 36.1 Å². The lowest BCUT2D eigenvalue weighted by Gasteiger charge is -2.32.